The predicted molar refractivity (Wildman–Crippen MR) is 197 cm³/mol. The molecule has 10 rings (SSSR count). The molecule has 0 saturated carbocycles. The summed E-state index contributed by atoms with van der Waals surface area (Å²) in [5.41, 5.74) is 9.73. The minimum Gasteiger partial charge on any atom is -0.380 e. The van der Waals surface area contributed by atoms with Crippen LogP contribution in [0.3, 0.4) is 0 Å². The fourth-order valence-electron chi connectivity index (χ4n) is 10.3. The number of fused-ring (bicyclic) bond motifs is 10. The van der Waals surface area contributed by atoms with Gasteiger partial charge in [-0.3, -0.25) is 39.4 Å². The number of halogens is 2. The number of hydrogen-bond acceptors (Lipinski definition) is 16. The van der Waals surface area contributed by atoms with Crippen molar-refractivity contribution in [1.82, 2.24) is 20.9 Å². The van der Waals surface area contributed by atoms with Crippen molar-refractivity contribution in [2.24, 2.45) is 10.8 Å². The number of aromatic nitrogens is 2. The minimum atomic E-state index is -1.56. The lowest BCUT2D eigenvalue weighted by atomic mass is 9.63. The molecule has 2 aromatic heterocycles. The van der Waals surface area contributed by atoms with Gasteiger partial charge >= 0.3 is 0 Å². The standard InChI is InChI=1S/2C19H19FN4O5/c2*1-7-6-24-14-9(3-10-15(13(14)20)29-23-17(10)21)5-19(16(24)8(2)28-7)11(25)4-12(26)22-18(19)27/h2*3,7-8,16H,4-6H2,1-2H3,(H2,21,23)(H,22,26,27)/t2*7-,8+,16-,19?/m10/s1. The highest BCUT2D eigenvalue weighted by molar-refractivity contribution is 6.23. The zero-order chi connectivity index (χ0) is 41.3. The van der Waals surface area contributed by atoms with Crippen LogP contribution < -0.4 is 31.9 Å². The van der Waals surface area contributed by atoms with Gasteiger partial charge < -0.3 is 39.8 Å². The van der Waals surface area contributed by atoms with Crippen LogP contribution >= 0.6 is 0 Å². The maximum absolute atomic E-state index is 15.5. The highest BCUT2D eigenvalue weighted by Crippen LogP contribution is 2.52. The molecule has 8 heterocycles. The van der Waals surface area contributed by atoms with E-state index in [1.54, 1.807) is 35.8 Å². The van der Waals surface area contributed by atoms with Crippen molar-refractivity contribution in [2.45, 2.75) is 89.9 Å². The largest absolute Gasteiger partial charge is 0.380 e. The van der Waals surface area contributed by atoms with Crippen molar-refractivity contribution in [1.29, 1.82) is 0 Å². The fourth-order valence-corrected chi connectivity index (χ4v) is 10.3. The smallest absolute Gasteiger partial charge is 0.242 e. The van der Waals surface area contributed by atoms with Gasteiger partial charge in [0.25, 0.3) is 0 Å². The molecule has 18 nitrogen and oxygen atoms in total. The Morgan fingerprint density at radius 2 is 1.05 bits per heavy atom. The Balaban J connectivity index is 0.000000150. The summed E-state index contributed by atoms with van der Waals surface area (Å²) in [6.07, 6.45) is -2.58. The van der Waals surface area contributed by atoms with Crippen molar-refractivity contribution in [2.75, 3.05) is 34.4 Å². The lowest BCUT2D eigenvalue weighted by Gasteiger charge is -2.55. The van der Waals surface area contributed by atoms with Crippen LogP contribution in [-0.2, 0) is 51.1 Å². The third-order valence-electron chi connectivity index (χ3n) is 12.4. The molecule has 304 valence electrons. The summed E-state index contributed by atoms with van der Waals surface area (Å²) < 4.78 is 53.0. The number of rotatable bonds is 0. The topological polar surface area (TPSA) is 256 Å². The SMILES string of the molecule is C[C@@H]1CN2c3c(cc4c(N)noc4c3F)CC3(C(=O)CC(=O)NC3=O)[C@H]2[C@H](C)O1.C[C@H]1CN2c3c(cc4c(N)noc4c3F)CC3(C(=O)CC(=O)NC3=O)[C@@H]2[C@@H](C)O1. The van der Waals surface area contributed by atoms with E-state index in [-0.39, 0.29) is 83.1 Å². The average molecular weight is 805 g/mol. The zero-order valence-corrected chi connectivity index (χ0v) is 31.6. The molecule has 2 spiro atoms. The monoisotopic (exact) mass is 804 g/mol. The molecule has 58 heavy (non-hydrogen) atoms. The van der Waals surface area contributed by atoms with Crippen molar-refractivity contribution in [3.63, 3.8) is 0 Å². The summed E-state index contributed by atoms with van der Waals surface area (Å²) >= 11 is 0. The molecule has 6 N–H and O–H groups in total. The molecule has 4 aromatic rings. The van der Waals surface area contributed by atoms with Gasteiger partial charge in [0.15, 0.2) is 34.8 Å². The van der Waals surface area contributed by atoms with Crippen LogP contribution in [0.5, 0.6) is 0 Å². The molecule has 6 aliphatic heterocycles. The molecule has 0 radical (unpaired) electrons. The van der Waals surface area contributed by atoms with Crippen LogP contribution in [0.2, 0.25) is 0 Å². The number of Topliss-reactive ketones (excluding diaryl/α,β-unsaturated/α-hetero) is 2. The molecule has 8 atom stereocenters. The van der Waals surface area contributed by atoms with Gasteiger partial charge in [0, 0.05) is 13.1 Å². The van der Waals surface area contributed by atoms with Crippen LogP contribution in [-0.4, -0.2) is 95.1 Å². The maximum atomic E-state index is 15.5. The number of ketones is 2. The van der Waals surface area contributed by atoms with E-state index in [1.807, 2.05) is 13.8 Å². The Morgan fingerprint density at radius 3 is 1.41 bits per heavy atom. The Hall–Kier alpha value is -6.02. The number of amides is 4. The summed E-state index contributed by atoms with van der Waals surface area (Å²) in [6.45, 7) is 7.71. The molecule has 6 aliphatic rings. The second kappa shape index (κ2) is 12.7. The van der Waals surface area contributed by atoms with E-state index in [2.05, 4.69) is 20.9 Å². The van der Waals surface area contributed by atoms with Gasteiger partial charge in [0.05, 0.1) is 71.5 Å². The van der Waals surface area contributed by atoms with Crippen molar-refractivity contribution in [3.05, 3.63) is 34.9 Å². The zero-order valence-electron chi connectivity index (χ0n) is 31.6. The Labute approximate surface area is 326 Å². The third-order valence-corrected chi connectivity index (χ3v) is 12.4. The number of nitrogens with two attached hydrogens (primary N) is 2. The first-order valence-corrected chi connectivity index (χ1v) is 18.8. The number of hydrogen-bond donors (Lipinski definition) is 4. The average Bonchev–Trinajstić information content (AvgIpc) is 3.70. The number of nitrogens with zero attached hydrogens (tertiary/aromatic N) is 4. The normalized spacial score (nSPS) is 31.8. The second-order valence-electron chi connectivity index (χ2n) is 16.0. The number of piperidine rings is 2. The molecule has 20 heteroatoms. The molecule has 4 fully saturated rings. The minimum absolute atomic E-state index is 0.0242. The molecule has 0 aliphatic carbocycles. The second-order valence-corrected chi connectivity index (χ2v) is 16.0. The van der Waals surface area contributed by atoms with Gasteiger partial charge in [0.1, 0.15) is 10.8 Å². The van der Waals surface area contributed by atoms with E-state index in [0.717, 1.165) is 0 Å². The molecule has 4 amide bonds. The number of nitrogen functional groups attached to an aromatic ring is 2. The van der Waals surface area contributed by atoms with E-state index in [4.69, 9.17) is 30.0 Å². The lowest BCUT2D eigenvalue weighted by molar-refractivity contribution is -0.160. The summed E-state index contributed by atoms with van der Waals surface area (Å²) in [7, 11) is 0. The number of imide groups is 2. The van der Waals surface area contributed by atoms with Gasteiger partial charge in [-0.05, 0) is 63.8 Å². The van der Waals surface area contributed by atoms with E-state index in [1.165, 1.54) is 0 Å². The van der Waals surface area contributed by atoms with Crippen molar-refractivity contribution in [3.8, 4) is 0 Å². The highest BCUT2D eigenvalue weighted by Gasteiger charge is 2.64. The molecule has 2 aromatic carbocycles. The van der Waals surface area contributed by atoms with E-state index >= 15 is 8.78 Å². The molecular weight excluding hydrogens is 766 g/mol. The van der Waals surface area contributed by atoms with Gasteiger partial charge in [-0.15, -0.1) is 0 Å². The molecule has 4 saturated heterocycles. The van der Waals surface area contributed by atoms with Gasteiger partial charge in [0.2, 0.25) is 34.8 Å². The first kappa shape index (κ1) is 37.6. The van der Waals surface area contributed by atoms with Crippen LogP contribution in [0.15, 0.2) is 21.2 Å². The summed E-state index contributed by atoms with van der Waals surface area (Å²) in [6, 6.07) is 1.69. The summed E-state index contributed by atoms with van der Waals surface area (Å²) in [5.74, 6) is -4.83. The van der Waals surface area contributed by atoms with Gasteiger partial charge in [-0.1, -0.05) is 10.3 Å². The van der Waals surface area contributed by atoms with Gasteiger partial charge in [-0.2, -0.15) is 0 Å². The van der Waals surface area contributed by atoms with Gasteiger partial charge in [-0.25, -0.2) is 8.78 Å². The van der Waals surface area contributed by atoms with E-state index in [9.17, 15) is 28.8 Å². The van der Waals surface area contributed by atoms with Crippen LogP contribution in [0, 0.1) is 22.5 Å². The summed E-state index contributed by atoms with van der Waals surface area (Å²) in [4.78, 5) is 79.4. The maximum Gasteiger partial charge on any atom is 0.242 e. The molecule has 2 unspecified atom stereocenters. The number of benzene rings is 2. The Bertz CT molecular complexity index is 2320. The number of carbonyl (C=O) groups is 6. The Morgan fingerprint density at radius 1 is 0.672 bits per heavy atom. The van der Waals surface area contributed by atoms with Crippen LogP contribution in [0.1, 0.15) is 51.7 Å². The molecular formula is C38H38F2N8O10. The Kier molecular flexibility index (Phi) is 8.25. The number of anilines is 4. The number of carbonyl (C=O) groups excluding carboxylic acids is 6. The van der Waals surface area contributed by atoms with Crippen molar-refractivity contribution < 1.29 is 56.1 Å². The lowest BCUT2D eigenvalue weighted by Crippen LogP contribution is -2.72. The van der Waals surface area contributed by atoms with Crippen molar-refractivity contribution >= 4 is 80.1 Å². The number of nitrogens with one attached hydrogen (secondary N) is 2. The quantitative estimate of drug-likeness (QED) is 0.145. The van der Waals surface area contributed by atoms with Crippen LogP contribution in [0.25, 0.3) is 21.9 Å². The summed E-state index contributed by atoms with van der Waals surface area (Å²) in [5, 5.41) is 12.4. The van der Waals surface area contributed by atoms with E-state index in [0.29, 0.717) is 11.1 Å². The number of ether oxygens (including phenoxy) is 2. The van der Waals surface area contributed by atoms with E-state index < -0.39 is 94.8 Å². The van der Waals surface area contributed by atoms with Crippen LogP contribution in [0.4, 0.5) is 31.8 Å². The predicted octanol–water partition coefficient (Wildman–Crippen LogP) is 1.38. The first-order valence-electron chi connectivity index (χ1n) is 18.8. The fraction of sp³-hybridized carbons (Fsp3) is 0.474. The third kappa shape index (κ3) is 5.06. The highest BCUT2D eigenvalue weighted by atomic mass is 19.1. The number of morpholine rings is 2. The molecule has 0 bridgehead atoms. The first-order chi connectivity index (χ1) is 27.5.